The van der Waals surface area contributed by atoms with Crippen LogP contribution in [-0.4, -0.2) is 18.1 Å². The van der Waals surface area contributed by atoms with Gasteiger partial charge in [0.1, 0.15) is 11.5 Å². The molecule has 0 unspecified atom stereocenters. The monoisotopic (exact) mass is 242 g/mol. The van der Waals surface area contributed by atoms with Crippen molar-refractivity contribution in [2.75, 3.05) is 12.4 Å². The summed E-state index contributed by atoms with van der Waals surface area (Å²) in [5, 5.41) is 12.2. The van der Waals surface area contributed by atoms with Crippen molar-refractivity contribution in [2.24, 2.45) is 0 Å². The van der Waals surface area contributed by atoms with Gasteiger partial charge in [-0.1, -0.05) is 18.2 Å². The van der Waals surface area contributed by atoms with E-state index in [0.717, 1.165) is 0 Å². The fourth-order valence-electron chi connectivity index (χ4n) is 1.55. The smallest absolute Gasteiger partial charge is 0.259 e. The first kappa shape index (κ1) is 12.0. The van der Waals surface area contributed by atoms with Crippen LogP contribution < -0.4 is 10.1 Å². The maximum Gasteiger partial charge on any atom is 0.259 e. The van der Waals surface area contributed by atoms with Crippen LogP contribution in [0.3, 0.4) is 0 Å². The standard InChI is InChI=1S/C14H12NO3/c1-18-13-9-5-2-6-10(13)14(17)15-11-7-3-4-8-12(11)16/h2-3,5-9,16H,1H3,(H,15,17). The molecule has 0 bridgehead atoms. The van der Waals surface area contributed by atoms with Crippen LogP contribution in [-0.2, 0) is 0 Å². The van der Waals surface area contributed by atoms with Gasteiger partial charge in [-0.05, 0) is 30.3 Å². The number of carbonyl (C=O) groups is 1. The number of amides is 1. The highest BCUT2D eigenvalue weighted by Gasteiger charge is 2.12. The third-order valence-corrected chi connectivity index (χ3v) is 2.44. The lowest BCUT2D eigenvalue weighted by atomic mass is 10.2. The molecule has 2 aromatic rings. The highest BCUT2D eigenvalue weighted by molar-refractivity contribution is 6.06. The Morgan fingerprint density at radius 3 is 2.83 bits per heavy atom. The van der Waals surface area contributed by atoms with Gasteiger partial charge in [0.15, 0.2) is 0 Å². The minimum absolute atomic E-state index is 0.0271. The maximum absolute atomic E-state index is 12.0. The van der Waals surface area contributed by atoms with Gasteiger partial charge >= 0.3 is 0 Å². The van der Waals surface area contributed by atoms with Crippen molar-refractivity contribution in [3.63, 3.8) is 0 Å². The fraction of sp³-hybridized carbons (Fsp3) is 0.0714. The van der Waals surface area contributed by atoms with E-state index >= 15 is 0 Å². The van der Waals surface area contributed by atoms with Crippen LogP contribution in [0, 0.1) is 6.07 Å². The minimum Gasteiger partial charge on any atom is -0.506 e. The number of benzene rings is 2. The van der Waals surface area contributed by atoms with Crippen LogP contribution in [0.1, 0.15) is 10.4 Å². The first-order chi connectivity index (χ1) is 8.72. The van der Waals surface area contributed by atoms with E-state index in [2.05, 4.69) is 11.4 Å². The highest BCUT2D eigenvalue weighted by Crippen LogP contribution is 2.24. The van der Waals surface area contributed by atoms with Crippen LogP contribution in [0.5, 0.6) is 11.5 Å². The molecule has 18 heavy (non-hydrogen) atoms. The number of hydrogen-bond donors (Lipinski definition) is 2. The normalized spacial score (nSPS) is 9.83. The molecule has 0 atom stereocenters. The predicted octanol–water partition coefficient (Wildman–Crippen LogP) is 2.45. The molecule has 0 aliphatic heterocycles. The zero-order chi connectivity index (χ0) is 13.0. The number of methoxy groups -OCH3 is 1. The summed E-state index contributed by atoms with van der Waals surface area (Å²) in [7, 11) is 1.50. The Morgan fingerprint density at radius 2 is 2.11 bits per heavy atom. The number of phenols is 1. The third kappa shape index (κ3) is 2.43. The number of carbonyl (C=O) groups excluding carboxylic acids is 1. The molecule has 2 N–H and O–H groups in total. The van der Waals surface area contributed by atoms with Crippen LogP contribution in [0.2, 0.25) is 0 Å². The van der Waals surface area contributed by atoms with Gasteiger partial charge in [0.2, 0.25) is 0 Å². The molecule has 0 aliphatic carbocycles. The summed E-state index contributed by atoms with van der Waals surface area (Å²) >= 11 is 0. The molecule has 0 aliphatic rings. The molecule has 0 aromatic heterocycles. The second-order valence-electron chi connectivity index (χ2n) is 3.60. The molecule has 4 nitrogen and oxygen atoms in total. The van der Waals surface area contributed by atoms with Crippen molar-refractivity contribution in [1.82, 2.24) is 0 Å². The van der Waals surface area contributed by atoms with Crippen LogP contribution in [0.15, 0.2) is 42.5 Å². The number of rotatable bonds is 3. The van der Waals surface area contributed by atoms with E-state index in [1.54, 1.807) is 36.4 Å². The van der Waals surface area contributed by atoms with Gasteiger partial charge in [0.25, 0.3) is 5.91 Å². The molecular weight excluding hydrogens is 230 g/mol. The van der Waals surface area contributed by atoms with E-state index in [9.17, 15) is 9.90 Å². The van der Waals surface area contributed by atoms with Crippen molar-refractivity contribution in [1.29, 1.82) is 0 Å². The first-order valence-corrected chi connectivity index (χ1v) is 5.36. The molecule has 0 heterocycles. The Hall–Kier alpha value is -2.49. The van der Waals surface area contributed by atoms with Crippen molar-refractivity contribution < 1.29 is 14.6 Å². The van der Waals surface area contributed by atoms with E-state index in [1.807, 2.05) is 0 Å². The molecule has 0 saturated carbocycles. The summed E-state index contributed by atoms with van der Waals surface area (Å²) < 4.78 is 5.10. The lowest BCUT2D eigenvalue weighted by Gasteiger charge is -2.09. The summed E-state index contributed by atoms with van der Waals surface area (Å²) in [5.74, 6) is 0.117. The Kier molecular flexibility index (Phi) is 3.48. The van der Waals surface area contributed by atoms with E-state index in [1.165, 1.54) is 13.2 Å². The molecule has 0 fully saturated rings. The van der Waals surface area contributed by atoms with E-state index in [4.69, 9.17) is 4.74 Å². The average Bonchev–Trinajstić information content (AvgIpc) is 2.41. The fourth-order valence-corrected chi connectivity index (χ4v) is 1.55. The van der Waals surface area contributed by atoms with Crippen LogP contribution in [0.4, 0.5) is 5.69 Å². The zero-order valence-corrected chi connectivity index (χ0v) is 9.81. The molecule has 1 radical (unpaired) electrons. The summed E-state index contributed by atoms with van der Waals surface area (Å²) in [6, 6.07) is 14.2. The van der Waals surface area contributed by atoms with E-state index < -0.39 is 0 Å². The van der Waals surface area contributed by atoms with Gasteiger partial charge in [-0.15, -0.1) is 0 Å². The Balaban J connectivity index is 2.25. The Morgan fingerprint density at radius 1 is 1.33 bits per heavy atom. The van der Waals surface area contributed by atoms with Gasteiger partial charge in [-0.2, -0.15) is 0 Å². The SMILES string of the molecule is COc1ccccc1C(=O)Nc1cc[c]cc1O. The number of phenolic OH excluding ortho intramolecular Hbond substituents is 1. The van der Waals surface area contributed by atoms with Crippen molar-refractivity contribution in [2.45, 2.75) is 0 Å². The molecule has 0 spiro atoms. The molecule has 1 amide bonds. The van der Waals surface area contributed by atoms with Gasteiger partial charge in [-0.3, -0.25) is 4.79 Å². The number of nitrogens with one attached hydrogen (secondary N) is 1. The first-order valence-electron chi connectivity index (χ1n) is 5.36. The van der Waals surface area contributed by atoms with E-state index in [0.29, 0.717) is 17.0 Å². The second kappa shape index (κ2) is 5.23. The summed E-state index contributed by atoms with van der Waals surface area (Å²) in [5.41, 5.74) is 0.747. The average molecular weight is 242 g/mol. The number of anilines is 1. The lowest BCUT2D eigenvalue weighted by molar-refractivity contribution is 0.102. The molecule has 2 rings (SSSR count). The van der Waals surface area contributed by atoms with Gasteiger partial charge in [0.05, 0.1) is 18.4 Å². The van der Waals surface area contributed by atoms with Crippen LogP contribution >= 0.6 is 0 Å². The molecule has 0 saturated heterocycles. The zero-order valence-electron chi connectivity index (χ0n) is 9.81. The third-order valence-electron chi connectivity index (χ3n) is 2.44. The van der Waals surface area contributed by atoms with Gasteiger partial charge in [0, 0.05) is 0 Å². The number of hydrogen-bond acceptors (Lipinski definition) is 3. The lowest BCUT2D eigenvalue weighted by Crippen LogP contribution is -2.13. The number of ether oxygens (including phenoxy) is 1. The predicted molar refractivity (Wildman–Crippen MR) is 67.9 cm³/mol. The van der Waals surface area contributed by atoms with Gasteiger partial charge in [-0.25, -0.2) is 0 Å². The second-order valence-corrected chi connectivity index (χ2v) is 3.60. The maximum atomic E-state index is 12.0. The quantitative estimate of drug-likeness (QED) is 0.813. The summed E-state index contributed by atoms with van der Waals surface area (Å²) in [6.45, 7) is 0. The van der Waals surface area contributed by atoms with Crippen molar-refractivity contribution >= 4 is 11.6 Å². The number of para-hydroxylation sites is 1. The van der Waals surface area contributed by atoms with Crippen molar-refractivity contribution in [3.8, 4) is 11.5 Å². The Labute approximate surface area is 105 Å². The topological polar surface area (TPSA) is 58.6 Å². The van der Waals surface area contributed by atoms with Crippen molar-refractivity contribution in [3.05, 3.63) is 54.1 Å². The van der Waals surface area contributed by atoms with Crippen LogP contribution in [0.25, 0.3) is 0 Å². The summed E-state index contributed by atoms with van der Waals surface area (Å²) in [4.78, 5) is 12.0. The van der Waals surface area contributed by atoms with E-state index in [-0.39, 0.29) is 11.7 Å². The molecule has 91 valence electrons. The minimum atomic E-state index is -0.339. The van der Waals surface area contributed by atoms with Gasteiger partial charge < -0.3 is 15.2 Å². The molecule has 4 heteroatoms. The molecular formula is C14H12NO3. The number of aromatic hydroxyl groups is 1. The highest BCUT2D eigenvalue weighted by atomic mass is 16.5. The Bertz CT molecular complexity index is 566. The molecule has 2 aromatic carbocycles. The summed E-state index contributed by atoms with van der Waals surface area (Å²) in [6.07, 6.45) is 0. The largest absolute Gasteiger partial charge is 0.506 e.